The van der Waals surface area contributed by atoms with E-state index in [2.05, 4.69) is 29.5 Å². The van der Waals surface area contributed by atoms with Gasteiger partial charge in [-0.25, -0.2) is 0 Å². The van der Waals surface area contributed by atoms with E-state index in [1.807, 2.05) is 7.05 Å². The second kappa shape index (κ2) is 13.6. The predicted molar refractivity (Wildman–Crippen MR) is 102 cm³/mol. The minimum atomic E-state index is 0. The smallest absolute Gasteiger partial charge is 0.190 e. The topological polar surface area (TPSA) is 45.7 Å². The molecule has 0 amide bonds. The average molecular weight is 411 g/mol. The highest BCUT2D eigenvalue weighted by atomic mass is 127. The molecule has 1 fully saturated rings. The van der Waals surface area contributed by atoms with Gasteiger partial charge in [-0.15, -0.1) is 24.0 Å². The van der Waals surface area contributed by atoms with Crippen LogP contribution in [0, 0.1) is 11.8 Å². The summed E-state index contributed by atoms with van der Waals surface area (Å²) in [4.78, 5) is 4.26. The first kappa shape index (κ1) is 21.0. The minimum absolute atomic E-state index is 0. The van der Waals surface area contributed by atoms with E-state index in [9.17, 15) is 0 Å². The molecule has 2 N–H and O–H groups in total. The maximum absolute atomic E-state index is 5.38. The zero-order valence-corrected chi connectivity index (χ0v) is 16.3. The highest BCUT2D eigenvalue weighted by Crippen LogP contribution is 2.10. The summed E-state index contributed by atoms with van der Waals surface area (Å²) in [7, 11) is 1.84. The molecule has 21 heavy (non-hydrogen) atoms. The quantitative estimate of drug-likeness (QED) is 0.265. The Morgan fingerprint density at radius 3 is 2.57 bits per heavy atom. The summed E-state index contributed by atoms with van der Waals surface area (Å²) in [5, 5.41) is 6.78. The van der Waals surface area contributed by atoms with Gasteiger partial charge >= 0.3 is 0 Å². The summed E-state index contributed by atoms with van der Waals surface area (Å²) >= 11 is 0. The van der Waals surface area contributed by atoms with E-state index in [0.29, 0.717) is 5.92 Å². The van der Waals surface area contributed by atoms with Gasteiger partial charge in [-0.2, -0.15) is 0 Å². The largest absolute Gasteiger partial charge is 0.381 e. The van der Waals surface area contributed by atoms with Gasteiger partial charge in [-0.05, 0) is 18.8 Å². The number of hydrogen-bond acceptors (Lipinski definition) is 2. The third-order valence-corrected chi connectivity index (χ3v) is 3.81. The number of hydrogen-bond donors (Lipinski definition) is 2. The fraction of sp³-hybridized carbons (Fsp3) is 0.938. The molecule has 1 heterocycles. The first-order chi connectivity index (χ1) is 9.72. The van der Waals surface area contributed by atoms with Gasteiger partial charge in [0, 0.05) is 32.7 Å². The van der Waals surface area contributed by atoms with E-state index in [-0.39, 0.29) is 24.0 Å². The number of halogens is 1. The Morgan fingerprint density at radius 2 is 1.95 bits per heavy atom. The predicted octanol–water partition coefficient (Wildman–Crippen LogP) is 3.41. The first-order valence-electron chi connectivity index (χ1n) is 8.24. The van der Waals surface area contributed by atoms with Crippen molar-refractivity contribution in [1.82, 2.24) is 10.6 Å². The SMILES string of the molecule is CN=C(NCCCCCCC(C)C)NCC1CCOC1.I. The highest BCUT2D eigenvalue weighted by molar-refractivity contribution is 14.0. The number of rotatable bonds is 9. The Balaban J connectivity index is 0.00000400. The van der Waals surface area contributed by atoms with Gasteiger partial charge in [0.05, 0.1) is 6.61 Å². The monoisotopic (exact) mass is 411 g/mol. The third-order valence-electron chi connectivity index (χ3n) is 3.81. The Bertz CT molecular complexity index is 266. The first-order valence-corrected chi connectivity index (χ1v) is 8.24. The van der Waals surface area contributed by atoms with Crippen molar-refractivity contribution in [2.75, 3.05) is 33.4 Å². The third kappa shape index (κ3) is 11.2. The van der Waals surface area contributed by atoms with Gasteiger partial charge in [0.15, 0.2) is 5.96 Å². The van der Waals surface area contributed by atoms with E-state index in [1.54, 1.807) is 0 Å². The van der Waals surface area contributed by atoms with Crippen molar-refractivity contribution in [2.45, 2.75) is 52.4 Å². The second-order valence-electron chi connectivity index (χ2n) is 6.21. The molecule has 0 saturated carbocycles. The zero-order valence-electron chi connectivity index (χ0n) is 14.0. The summed E-state index contributed by atoms with van der Waals surface area (Å²) in [5.74, 6) is 2.42. The summed E-state index contributed by atoms with van der Waals surface area (Å²) in [6.07, 6.45) is 7.79. The van der Waals surface area contributed by atoms with Crippen molar-refractivity contribution in [1.29, 1.82) is 0 Å². The van der Waals surface area contributed by atoms with Crippen LogP contribution in [-0.2, 0) is 4.74 Å². The molecule has 0 spiro atoms. The fourth-order valence-corrected chi connectivity index (χ4v) is 2.44. The number of aliphatic imine (C=N–C) groups is 1. The van der Waals surface area contributed by atoms with Crippen LogP contribution in [0.1, 0.15) is 52.4 Å². The molecule has 1 saturated heterocycles. The molecule has 0 aromatic heterocycles. The maximum atomic E-state index is 5.38. The van der Waals surface area contributed by atoms with E-state index < -0.39 is 0 Å². The Hall–Kier alpha value is -0.0400. The lowest BCUT2D eigenvalue weighted by Crippen LogP contribution is -2.40. The molecule has 0 aromatic carbocycles. The van der Waals surface area contributed by atoms with Crippen molar-refractivity contribution in [2.24, 2.45) is 16.8 Å². The number of ether oxygens (including phenoxy) is 1. The average Bonchev–Trinajstić information content (AvgIpc) is 2.94. The van der Waals surface area contributed by atoms with Crippen molar-refractivity contribution in [3.8, 4) is 0 Å². The molecule has 4 nitrogen and oxygen atoms in total. The standard InChI is InChI=1S/C16H33N3O.HI/c1-14(2)8-6-4-5-7-10-18-16(17-3)19-12-15-9-11-20-13-15;/h14-15H,4-13H2,1-3H3,(H2,17,18,19);1H. The number of unbranched alkanes of at least 4 members (excludes halogenated alkanes) is 3. The second-order valence-corrected chi connectivity index (χ2v) is 6.21. The number of nitrogens with zero attached hydrogens (tertiary/aromatic N) is 1. The van der Waals surface area contributed by atoms with Crippen molar-refractivity contribution < 1.29 is 4.74 Å². The fourth-order valence-electron chi connectivity index (χ4n) is 2.44. The van der Waals surface area contributed by atoms with Crippen molar-refractivity contribution in [3.63, 3.8) is 0 Å². The molecule has 1 atom stereocenters. The zero-order chi connectivity index (χ0) is 14.6. The van der Waals surface area contributed by atoms with E-state index >= 15 is 0 Å². The molecule has 0 aromatic rings. The van der Waals surface area contributed by atoms with Crippen LogP contribution >= 0.6 is 24.0 Å². The van der Waals surface area contributed by atoms with Crippen LogP contribution in [-0.4, -0.2) is 39.3 Å². The van der Waals surface area contributed by atoms with Gasteiger partial charge in [-0.1, -0.05) is 39.5 Å². The summed E-state index contributed by atoms with van der Waals surface area (Å²) in [5.41, 5.74) is 0. The van der Waals surface area contributed by atoms with Crippen molar-refractivity contribution >= 4 is 29.9 Å². The highest BCUT2D eigenvalue weighted by Gasteiger charge is 2.15. The molecule has 0 aliphatic carbocycles. The Kier molecular flexibility index (Phi) is 13.6. The molecule has 5 heteroatoms. The van der Waals surface area contributed by atoms with Gasteiger partial charge in [-0.3, -0.25) is 4.99 Å². The normalized spacial score (nSPS) is 18.7. The Labute approximate surface area is 147 Å². The lowest BCUT2D eigenvalue weighted by Gasteiger charge is -2.14. The molecular weight excluding hydrogens is 377 g/mol. The van der Waals surface area contributed by atoms with E-state index in [1.165, 1.54) is 38.5 Å². The lowest BCUT2D eigenvalue weighted by atomic mass is 10.0. The van der Waals surface area contributed by atoms with Crippen LogP contribution in [0.5, 0.6) is 0 Å². The van der Waals surface area contributed by atoms with E-state index in [0.717, 1.165) is 38.2 Å². The van der Waals surface area contributed by atoms with Gasteiger partial charge in [0.2, 0.25) is 0 Å². The Morgan fingerprint density at radius 1 is 1.19 bits per heavy atom. The van der Waals surface area contributed by atoms with Crippen LogP contribution in [0.15, 0.2) is 4.99 Å². The number of nitrogens with one attached hydrogen (secondary N) is 2. The minimum Gasteiger partial charge on any atom is -0.381 e. The van der Waals surface area contributed by atoms with Crippen LogP contribution in [0.25, 0.3) is 0 Å². The van der Waals surface area contributed by atoms with Crippen LogP contribution < -0.4 is 10.6 Å². The summed E-state index contributed by atoms with van der Waals surface area (Å²) in [6, 6.07) is 0. The van der Waals surface area contributed by atoms with Gasteiger partial charge in [0.25, 0.3) is 0 Å². The maximum Gasteiger partial charge on any atom is 0.190 e. The molecule has 0 radical (unpaired) electrons. The van der Waals surface area contributed by atoms with Crippen LogP contribution in [0.3, 0.4) is 0 Å². The molecule has 0 bridgehead atoms. The molecule has 126 valence electrons. The van der Waals surface area contributed by atoms with Crippen LogP contribution in [0.2, 0.25) is 0 Å². The summed E-state index contributed by atoms with van der Waals surface area (Å²) in [6.45, 7) is 8.38. The molecule has 1 aliphatic rings. The van der Waals surface area contributed by atoms with Gasteiger partial charge < -0.3 is 15.4 Å². The van der Waals surface area contributed by atoms with E-state index in [4.69, 9.17) is 4.74 Å². The molecular formula is C16H34IN3O. The molecule has 1 aliphatic heterocycles. The van der Waals surface area contributed by atoms with Crippen molar-refractivity contribution in [3.05, 3.63) is 0 Å². The van der Waals surface area contributed by atoms with Gasteiger partial charge in [0.1, 0.15) is 0 Å². The molecule has 1 rings (SSSR count). The number of guanidine groups is 1. The summed E-state index contributed by atoms with van der Waals surface area (Å²) < 4.78 is 5.38. The lowest BCUT2D eigenvalue weighted by molar-refractivity contribution is 0.186. The van der Waals surface area contributed by atoms with Crippen LogP contribution in [0.4, 0.5) is 0 Å². The molecule has 1 unspecified atom stereocenters.